The molecule has 3 rings (SSSR count). The van der Waals surface area contributed by atoms with Crippen LogP contribution in [0.15, 0.2) is 48.5 Å². The van der Waals surface area contributed by atoms with Crippen LogP contribution in [0.5, 0.6) is 0 Å². The van der Waals surface area contributed by atoms with E-state index < -0.39 is 11.7 Å². The molecule has 1 N–H and O–H groups in total. The summed E-state index contributed by atoms with van der Waals surface area (Å²) in [5.74, 6) is -0.333. The molecule has 0 radical (unpaired) electrons. The van der Waals surface area contributed by atoms with Crippen molar-refractivity contribution in [2.45, 2.75) is 38.3 Å². The SMILES string of the molecule is CN(c1ccccc1)c1ccc(C(F)(F)F)cc1NC(=O)C1CCCCC1. The predicted molar refractivity (Wildman–Crippen MR) is 101 cm³/mol. The Hall–Kier alpha value is -2.50. The van der Waals surface area contributed by atoms with Crippen molar-refractivity contribution in [3.05, 3.63) is 54.1 Å². The van der Waals surface area contributed by atoms with Gasteiger partial charge in [-0.1, -0.05) is 37.5 Å². The molecule has 0 bridgehead atoms. The van der Waals surface area contributed by atoms with Crippen LogP contribution < -0.4 is 10.2 Å². The van der Waals surface area contributed by atoms with E-state index in [0.717, 1.165) is 49.9 Å². The van der Waals surface area contributed by atoms with Crippen LogP contribution in [0.3, 0.4) is 0 Å². The molecule has 0 spiro atoms. The Labute approximate surface area is 157 Å². The number of carbonyl (C=O) groups excluding carboxylic acids is 1. The lowest BCUT2D eigenvalue weighted by molar-refractivity contribution is -0.137. The van der Waals surface area contributed by atoms with E-state index in [1.807, 2.05) is 30.3 Å². The number of carbonyl (C=O) groups is 1. The first-order valence-corrected chi connectivity index (χ1v) is 9.17. The molecule has 0 saturated heterocycles. The average Bonchev–Trinajstić information content (AvgIpc) is 2.68. The summed E-state index contributed by atoms with van der Waals surface area (Å²) in [7, 11) is 1.77. The van der Waals surface area contributed by atoms with Crippen LogP contribution in [0, 0.1) is 5.92 Å². The number of hydrogen-bond donors (Lipinski definition) is 1. The predicted octanol–water partition coefficient (Wildman–Crippen LogP) is 5.99. The fourth-order valence-electron chi connectivity index (χ4n) is 3.50. The first-order valence-electron chi connectivity index (χ1n) is 9.17. The average molecular weight is 376 g/mol. The van der Waals surface area contributed by atoms with Crippen molar-refractivity contribution in [1.82, 2.24) is 0 Å². The van der Waals surface area contributed by atoms with Crippen LogP contribution in [0.25, 0.3) is 0 Å². The molecule has 1 fully saturated rings. The molecule has 3 nitrogen and oxygen atoms in total. The Morgan fingerprint density at radius 3 is 2.33 bits per heavy atom. The van der Waals surface area contributed by atoms with E-state index in [9.17, 15) is 18.0 Å². The summed E-state index contributed by atoms with van der Waals surface area (Å²) in [6.45, 7) is 0. The lowest BCUT2D eigenvalue weighted by atomic mass is 9.88. The molecule has 1 amide bonds. The van der Waals surface area contributed by atoms with Crippen LogP contribution in [-0.2, 0) is 11.0 Å². The van der Waals surface area contributed by atoms with Crippen LogP contribution in [0.2, 0.25) is 0 Å². The zero-order valence-electron chi connectivity index (χ0n) is 15.2. The van der Waals surface area contributed by atoms with E-state index in [1.54, 1.807) is 11.9 Å². The van der Waals surface area contributed by atoms with Crippen molar-refractivity contribution in [3.8, 4) is 0 Å². The number of amides is 1. The van der Waals surface area contributed by atoms with Gasteiger partial charge in [-0.05, 0) is 43.2 Å². The van der Waals surface area contributed by atoms with Crippen LogP contribution >= 0.6 is 0 Å². The van der Waals surface area contributed by atoms with Gasteiger partial charge < -0.3 is 10.2 Å². The molecule has 0 aliphatic heterocycles. The van der Waals surface area contributed by atoms with E-state index in [0.29, 0.717) is 5.69 Å². The van der Waals surface area contributed by atoms with Gasteiger partial charge in [0.1, 0.15) is 0 Å². The number of halogens is 3. The van der Waals surface area contributed by atoms with Crippen LogP contribution in [0.4, 0.5) is 30.2 Å². The molecule has 27 heavy (non-hydrogen) atoms. The van der Waals surface area contributed by atoms with E-state index in [1.165, 1.54) is 6.07 Å². The highest BCUT2D eigenvalue weighted by Gasteiger charge is 2.32. The van der Waals surface area contributed by atoms with Gasteiger partial charge in [0.25, 0.3) is 0 Å². The van der Waals surface area contributed by atoms with Gasteiger partial charge >= 0.3 is 6.18 Å². The summed E-state index contributed by atoms with van der Waals surface area (Å²) < 4.78 is 39.6. The Morgan fingerprint density at radius 1 is 1.04 bits per heavy atom. The van der Waals surface area contributed by atoms with Gasteiger partial charge in [-0.3, -0.25) is 4.79 Å². The normalized spacial score (nSPS) is 15.4. The maximum atomic E-state index is 13.2. The zero-order valence-corrected chi connectivity index (χ0v) is 15.2. The van der Waals surface area contributed by atoms with Crippen molar-refractivity contribution in [3.63, 3.8) is 0 Å². The summed E-state index contributed by atoms with van der Waals surface area (Å²) in [6.07, 6.45) is 0.182. The molecule has 2 aromatic rings. The third-order valence-electron chi connectivity index (χ3n) is 5.06. The highest BCUT2D eigenvalue weighted by molar-refractivity contribution is 5.96. The summed E-state index contributed by atoms with van der Waals surface area (Å²) in [6, 6.07) is 12.8. The summed E-state index contributed by atoms with van der Waals surface area (Å²) >= 11 is 0. The summed E-state index contributed by atoms with van der Waals surface area (Å²) in [5, 5.41) is 2.76. The molecule has 2 aromatic carbocycles. The van der Waals surface area contributed by atoms with Crippen molar-refractivity contribution in [1.29, 1.82) is 0 Å². The summed E-state index contributed by atoms with van der Waals surface area (Å²) in [5.41, 5.74) is 0.766. The molecule has 0 atom stereocenters. The van der Waals surface area contributed by atoms with Gasteiger partial charge in [-0.2, -0.15) is 13.2 Å². The molecule has 6 heteroatoms. The number of nitrogens with zero attached hydrogens (tertiary/aromatic N) is 1. The van der Waals surface area contributed by atoms with Gasteiger partial charge in [0.15, 0.2) is 0 Å². The maximum Gasteiger partial charge on any atom is 0.416 e. The van der Waals surface area contributed by atoms with Crippen molar-refractivity contribution < 1.29 is 18.0 Å². The second-order valence-corrected chi connectivity index (χ2v) is 6.95. The largest absolute Gasteiger partial charge is 0.416 e. The van der Waals surface area contributed by atoms with Crippen LogP contribution in [-0.4, -0.2) is 13.0 Å². The van der Waals surface area contributed by atoms with Gasteiger partial charge in [-0.15, -0.1) is 0 Å². The molecule has 0 aromatic heterocycles. The Bertz CT molecular complexity index is 784. The molecule has 0 heterocycles. The topological polar surface area (TPSA) is 32.3 Å². The quantitative estimate of drug-likeness (QED) is 0.711. The van der Waals surface area contributed by atoms with Gasteiger partial charge in [0.05, 0.1) is 16.9 Å². The molecule has 1 saturated carbocycles. The van der Waals surface area contributed by atoms with Crippen molar-refractivity contribution >= 4 is 23.0 Å². The standard InChI is InChI=1S/C21H23F3N2O/c1-26(17-10-6-3-7-11-17)19-13-12-16(21(22,23)24)14-18(19)25-20(27)15-8-4-2-5-9-15/h3,6-7,10-15H,2,4-5,8-9H2,1H3,(H,25,27). The van der Waals surface area contributed by atoms with E-state index in [-0.39, 0.29) is 17.5 Å². The van der Waals surface area contributed by atoms with Crippen LogP contribution in [0.1, 0.15) is 37.7 Å². The highest BCUT2D eigenvalue weighted by atomic mass is 19.4. The molecular weight excluding hydrogens is 353 g/mol. The Morgan fingerprint density at radius 2 is 1.70 bits per heavy atom. The molecular formula is C21H23F3N2O. The number of rotatable bonds is 4. The maximum absolute atomic E-state index is 13.2. The lowest BCUT2D eigenvalue weighted by Crippen LogP contribution is -2.26. The highest BCUT2D eigenvalue weighted by Crippen LogP contribution is 2.38. The Balaban J connectivity index is 1.93. The lowest BCUT2D eigenvalue weighted by Gasteiger charge is -2.26. The van der Waals surface area contributed by atoms with E-state index in [2.05, 4.69) is 5.32 Å². The fraction of sp³-hybridized carbons (Fsp3) is 0.381. The number of nitrogens with one attached hydrogen (secondary N) is 1. The first kappa shape index (κ1) is 19.3. The first-order chi connectivity index (χ1) is 12.9. The van der Waals surface area contributed by atoms with Gasteiger partial charge in [0.2, 0.25) is 5.91 Å². The van der Waals surface area contributed by atoms with Crippen molar-refractivity contribution in [2.75, 3.05) is 17.3 Å². The molecule has 144 valence electrons. The molecule has 0 unspecified atom stereocenters. The van der Waals surface area contributed by atoms with E-state index in [4.69, 9.17) is 0 Å². The number of benzene rings is 2. The van der Waals surface area contributed by atoms with E-state index >= 15 is 0 Å². The van der Waals surface area contributed by atoms with Gasteiger partial charge in [-0.25, -0.2) is 0 Å². The molecule has 1 aliphatic carbocycles. The fourth-order valence-corrected chi connectivity index (χ4v) is 3.50. The minimum absolute atomic E-state index is 0.136. The number of hydrogen-bond acceptors (Lipinski definition) is 2. The zero-order chi connectivity index (χ0) is 19.4. The van der Waals surface area contributed by atoms with Crippen molar-refractivity contribution in [2.24, 2.45) is 5.92 Å². The number of alkyl halides is 3. The number of anilines is 3. The smallest absolute Gasteiger partial charge is 0.343 e. The third-order valence-corrected chi connectivity index (χ3v) is 5.06. The number of para-hydroxylation sites is 1. The minimum atomic E-state index is -4.46. The summed E-state index contributed by atoms with van der Waals surface area (Å²) in [4.78, 5) is 14.4. The monoisotopic (exact) mass is 376 g/mol. The second-order valence-electron chi connectivity index (χ2n) is 6.95. The van der Waals surface area contributed by atoms with Gasteiger partial charge in [0, 0.05) is 18.7 Å². The Kier molecular flexibility index (Phi) is 5.73. The molecule has 1 aliphatic rings. The second kappa shape index (κ2) is 8.03. The third kappa shape index (κ3) is 4.62. The minimum Gasteiger partial charge on any atom is -0.343 e.